The number of nitrogens with zero attached hydrogens (tertiary/aromatic N) is 3. The second kappa shape index (κ2) is 7.97. The van der Waals surface area contributed by atoms with Crippen molar-refractivity contribution in [2.75, 3.05) is 5.32 Å². The number of nitrogens with one attached hydrogen (secondary N) is 2. The third kappa shape index (κ3) is 4.18. The van der Waals surface area contributed by atoms with Crippen molar-refractivity contribution in [1.29, 1.82) is 0 Å². The molecule has 26 heavy (non-hydrogen) atoms. The van der Waals surface area contributed by atoms with Gasteiger partial charge >= 0.3 is 6.03 Å². The Morgan fingerprint density at radius 2 is 2.00 bits per heavy atom. The van der Waals surface area contributed by atoms with Gasteiger partial charge in [-0.3, -0.25) is 4.98 Å². The third-order valence-corrected chi connectivity index (χ3v) is 4.03. The number of hydrogen-bond acceptors (Lipinski definition) is 5. The van der Waals surface area contributed by atoms with Gasteiger partial charge in [-0.1, -0.05) is 42.7 Å². The molecule has 0 bridgehead atoms. The van der Waals surface area contributed by atoms with Gasteiger partial charge in [-0.25, -0.2) is 4.79 Å². The van der Waals surface area contributed by atoms with Gasteiger partial charge in [0.1, 0.15) is 6.04 Å². The second-order valence-corrected chi connectivity index (χ2v) is 6.41. The van der Waals surface area contributed by atoms with Gasteiger partial charge in [-0.05, 0) is 30.2 Å². The first-order chi connectivity index (χ1) is 12.5. The minimum absolute atomic E-state index is 0.0363. The zero-order valence-electron chi connectivity index (χ0n) is 14.3. The van der Waals surface area contributed by atoms with Crippen LogP contribution in [-0.4, -0.2) is 21.2 Å². The standard InChI is InChI=1S/C18H18ClN5O2/c1-11(2)15(22-18(25)21-14-8-4-3-7-13(14)19)17-23-16(24-26-17)12-6-5-9-20-10-12/h3-11,15H,1-2H3,(H2,21,22,25). The fourth-order valence-electron chi connectivity index (χ4n) is 2.35. The third-order valence-electron chi connectivity index (χ3n) is 3.70. The highest BCUT2D eigenvalue weighted by Crippen LogP contribution is 2.24. The molecule has 0 aliphatic rings. The number of pyridine rings is 1. The molecule has 2 aromatic heterocycles. The molecule has 1 unspecified atom stereocenters. The van der Waals surface area contributed by atoms with E-state index in [-0.39, 0.29) is 5.92 Å². The molecule has 0 fully saturated rings. The highest BCUT2D eigenvalue weighted by atomic mass is 35.5. The van der Waals surface area contributed by atoms with E-state index >= 15 is 0 Å². The number of amides is 2. The van der Waals surface area contributed by atoms with Crippen LogP contribution in [0.4, 0.5) is 10.5 Å². The summed E-state index contributed by atoms with van der Waals surface area (Å²) in [5.41, 5.74) is 1.27. The van der Waals surface area contributed by atoms with E-state index in [9.17, 15) is 4.79 Å². The maximum absolute atomic E-state index is 12.3. The van der Waals surface area contributed by atoms with E-state index in [0.717, 1.165) is 5.56 Å². The average Bonchev–Trinajstić information content (AvgIpc) is 3.12. The van der Waals surface area contributed by atoms with Crippen LogP contribution in [0.2, 0.25) is 5.02 Å². The largest absolute Gasteiger partial charge is 0.337 e. The molecule has 2 amide bonds. The summed E-state index contributed by atoms with van der Waals surface area (Å²) in [5.74, 6) is 0.786. The molecule has 0 radical (unpaired) electrons. The zero-order valence-corrected chi connectivity index (χ0v) is 15.1. The summed E-state index contributed by atoms with van der Waals surface area (Å²) in [6.07, 6.45) is 3.32. The summed E-state index contributed by atoms with van der Waals surface area (Å²) in [6.45, 7) is 3.91. The summed E-state index contributed by atoms with van der Waals surface area (Å²) in [5, 5.41) is 10.0. The Kier molecular flexibility index (Phi) is 5.48. The van der Waals surface area contributed by atoms with Crippen molar-refractivity contribution < 1.29 is 9.32 Å². The molecule has 0 spiro atoms. The fourth-order valence-corrected chi connectivity index (χ4v) is 2.53. The number of aromatic nitrogens is 3. The molecular formula is C18H18ClN5O2. The first-order valence-corrected chi connectivity index (χ1v) is 8.48. The van der Waals surface area contributed by atoms with E-state index in [1.54, 1.807) is 42.7 Å². The molecule has 1 aromatic carbocycles. The highest BCUT2D eigenvalue weighted by Gasteiger charge is 2.25. The van der Waals surface area contributed by atoms with Crippen molar-refractivity contribution in [1.82, 2.24) is 20.4 Å². The number of carbonyl (C=O) groups is 1. The molecule has 8 heteroatoms. The molecule has 2 heterocycles. The maximum Gasteiger partial charge on any atom is 0.319 e. The molecule has 0 saturated carbocycles. The van der Waals surface area contributed by atoms with E-state index in [0.29, 0.717) is 22.4 Å². The predicted molar refractivity (Wildman–Crippen MR) is 98.7 cm³/mol. The molecule has 3 rings (SSSR count). The molecule has 2 N–H and O–H groups in total. The molecule has 3 aromatic rings. The molecule has 7 nitrogen and oxygen atoms in total. The lowest BCUT2D eigenvalue weighted by Crippen LogP contribution is -2.35. The van der Waals surface area contributed by atoms with Crippen molar-refractivity contribution in [3.63, 3.8) is 0 Å². The Balaban J connectivity index is 1.74. The van der Waals surface area contributed by atoms with E-state index in [4.69, 9.17) is 16.1 Å². The van der Waals surface area contributed by atoms with Crippen LogP contribution in [-0.2, 0) is 0 Å². The van der Waals surface area contributed by atoms with Crippen molar-refractivity contribution in [3.05, 3.63) is 59.7 Å². The first-order valence-electron chi connectivity index (χ1n) is 8.10. The normalized spacial score (nSPS) is 12.0. The van der Waals surface area contributed by atoms with Gasteiger partial charge in [0, 0.05) is 18.0 Å². The van der Waals surface area contributed by atoms with Crippen molar-refractivity contribution in [3.8, 4) is 11.4 Å². The number of benzene rings is 1. The quantitative estimate of drug-likeness (QED) is 0.697. The van der Waals surface area contributed by atoms with Gasteiger partial charge in [-0.2, -0.15) is 4.98 Å². The highest BCUT2D eigenvalue weighted by molar-refractivity contribution is 6.33. The van der Waals surface area contributed by atoms with E-state index in [2.05, 4.69) is 25.8 Å². The van der Waals surface area contributed by atoms with Crippen LogP contribution < -0.4 is 10.6 Å². The lowest BCUT2D eigenvalue weighted by molar-refractivity contribution is 0.236. The topological polar surface area (TPSA) is 92.9 Å². The van der Waals surface area contributed by atoms with Gasteiger partial charge < -0.3 is 15.2 Å². The van der Waals surface area contributed by atoms with Gasteiger partial charge in [0.25, 0.3) is 0 Å². The van der Waals surface area contributed by atoms with E-state index < -0.39 is 12.1 Å². The summed E-state index contributed by atoms with van der Waals surface area (Å²) in [6, 6.07) is 9.78. The van der Waals surface area contributed by atoms with Gasteiger partial charge in [0.2, 0.25) is 11.7 Å². The first kappa shape index (κ1) is 17.9. The Bertz CT molecular complexity index is 882. The van der Waals surface area contributed by atoms with Gasteiger partial charge in [-0.15, -0.1) is 0 Å². The predicted octanol–water partition coefficient (Wildman–Crippen LogP) is 4.30. The van der Waals surface area contributed by atoms with Crippen molar-refractivity contribution >= 4 is 23.3 Å². The minimum atomic E-state index is -0.449. The number of carbonyl (C=O) groups excluding carboxylic acids is 1. The van der Waals surface area contributed by atoms with Crippen LogP contribution in [0.1, 0.15) is 25.8 Å². The van der Waals surface area contributed by atoms with Crippen LogP contribution in [0, 0.1) is 5.92 Å². The SMILES string of the molecule is CC(C)C(NC(=O)Nc1ccccc1Cl)c1nc(-c2cccnc2)no1. The van der Waals surface area contributed by atoms with Crippen LogP contribution in [0.5, 0.6) is 0 Å². The Morgan fingerprint density at radius 3 is 2.69 bits per heavy atom. The minimum Gasteiger partial charge on any atom is -0.337 e. The molecule has 0 aliphatic carbocycles. The van der Waals surface area contributed by atoms with Crippen LogP contribution in [0.15, 0.2) is 53.3 Å². The van der Waals surface area contributed by atoms with Crippen molar-refractivity contribution in [2.24, 2.45) is 5.92 Å². The monoisotopic (exact) mass is 371 g/mol. The second-order valence-electron chi connectivity index (χ2n) is 6.00. The summed E-state index contributed by atoms with van der Waals surface area (Å²) in [4.78, 5) is 20.8. The molecule has 0 saturated heterocycles. The van der Waals surface area contributed by atoms with E-state index in [1.165, 1.54) is 0 Å². The number of rotatable bonds is 5. The Morgan fingerprint density at radius 1 is 1.19 bits per heavy atom. The average molecular weight is 372 g/mol. The molecule has 1 atom stereocenters. The number of anilines is 1. The van der Waals surface area contributed by atoms with Crippen molar-refractivity contribution in [2.45, 2.75) is 19.9 Å². The smallest absolute Gasteiger partial charge is 0.319 e. The number of hydrogen-bond donors (Lipinski definition) is 2. The summed E-state index contributed by atoms with van der Waals surface area (Å²) >= 11 is 6.07. The number of halogens is 1. The summed E-state index contributed by atoms with van der Waals surface area (Å²) < 4.78 is 5.36. The zero-order chi connectivity index (χ0) is 18.5. The maximum atomic E-state index is 12.3. The van der Waals surface area contributed by atoms with E-state index in [1.807, 2.05) is 19.9 Å². The molecule has 134 valence electrons. The fraction of sp³-hybridized carbons (Fsp3) is 0.222. The van der Waals surface area contributed by atoms with Crippen LogP contribution in [0.25, 0.3) is 11.4 Å². The number of urea groups is 1. The van der Waals surface area contributed by atoms with Gasteiger partial charge in [0.05, 0.1) is 10.7 Å². The van der Waals surface area contributed by atoms with Crippen LogP contribution in [0.3, 0.4) is 0 Å². The Hall–Kier alpha value is -2.93. The lowest BCUT2D eigenvalue weighted by Gasteiger charge is -2.19. The van der Waals surface area contributed by atoms with Gasteiger partial charge in [0.15, 0.2) is 0 Å². The summed E-state index contributed by atoms with van der Waals surface area (Å²) in [7, 11) is 0. The number of para-hydroxylation sites is 1. The lowest BCUT2D eigenvalue weighted by atomic mass is 10.0. The molecule has 0 aliphatic heterocycles. The van der Waals surface area contributed by atoms with Crippen LogP contribution >= 0.6 is 11.6 Å². The Labute approximate surface area is 155 Å². The molecular weight excluding hydrogens is 354 g/mol.